The van der Waals surface area contributed by atoms with Crippen LogP contribution in [0.1, 0.15) is 5.56 Å². The zero-order valence-corrected chi connectivity index (χ0v) is 15.0. The first-order chi connectivity index (χ1) is 12.1. The fourth-order valence-electron chi connectivity index (χ4n) is 2.53. The quantitative estimate of drug-likeness (QED) is 0.616. The number of hydrogen-bond acceptors (Lipinski definition) is 4. The Hall–Kier alpha value is -2.83. The van der Waals surface area contributed by atoms with Crippen LogP contribution in [0.2, 0.25) is 0 Å². The minimum absolute atomic E-state index is 0. The van der Waals surface area contributed by atoms with E-state index in [0.29, 0.717) is 6.42 Å². The molecule has 0 unspecified atom stereocenters. The molecule has 0 fully saturated rings. The van der Waals surface area contributed by atoms with Crippen LogP contribution in [0, 0.1) is 0 Å². The van der Waals surface area contributed by atoms with E-state index in [4.69, 9.17) is 15.6 Å². The first-order valence-electron chi connectivity index (χ1n) is 7.84. The van der Waals surface area contributed by atoms with Gasteiger partial charge in [0, 0.05) is 5.56 Å². The van der Waals surface area contributed by atoms with E-state index in [9.17, 15) is 4.79 Å². The molecule has 4 N–H and O–H groups in total. The van der Waals surface area contributed by atoms with Crippen LogP contribution in [0.25, 0.3) is 22.6 Å². The van der Waals surface area contributed by atoms with Crippen LogP contribution in [0.15, 0.2) is 54.7 Å². The van der Waals surface area contributed by atoms with Crippen LogP contribution in [0.4, 0.5) is 0 Å². The molecule has 0 saturated carbocycles. The highest BCUT2D eigenvalue weighted by Gasteiger charge is 2.12. The van der Waals surface area contributed by atoms with Gasteiger partial charge in [-0.3, -0.25) is 4.79 Å². The van der Waals surface area contributed by atoms with Crippen molar-refractivity contribution in [3.8, 4) is 28.4 Å². The van der Waals surface area contributed by atoms with Crippen LogP contribution in [0.5, 0.6) is 5.75 Å². The lowest BCUT2D eigenvalue weighted by Gasteiger charge is -2.06. The van der Waals surface area contributed by atoms with Gasteiger partial charge in [0.05, 0.1) is 19.0 Å². The van der Waals surface area contributed by atoms with Crippen LogP contribution in [-0.4, -0.2) is 34.2 Å². The number of H-pyrrole nitrogens is 1. The van der Waals surface area contributed by atoms with E-state index >= 15 is 0 Å². The van der Waals surface area contributed by atoms with Crippen molar-refractivity contribution in [3.63, 3.8) is 0 Å². The molecular weight excluding hydrogens is 354 g/mol. The van der Waals surface area contributed by atoms with E-state index in [2.05, 4.69) is 9.97 Å². The average molecular weight is 374 g/mol. The molecule has 0 radical (unpaired) electrons. The molecule has 0 spiro atoms. The van der Waals surface area contributed by atoms with Crippen LogP contribution in [-0.2, 0) is 11.2 Å². The summed E-state index contributed by atoms with van der Waals surface area (Å²) >= 11 is 0. The number of imidazole rings is 1. The number of ether oxygens (including phenoxy) is 1. The molecule has 0 aliphatic carbocycles. The van der Waals surface area contributed by atoms with Crippen molar-refractivity contribution in [2.24, 2.45) is 5.73 Å². The second kappa shape index (κ2) is 8.51. The van der Waals surface area contributed by atoms with Crippen molar-refractivity contribution in [3.05, 3.63) is 60.3 Å². The molecule has 1 atom stereocenters. The van der Waals surface area contributed by atoms with E-state index in [-0.39, 0.29) is 12.4 Å². The number of aromatic nitrogens is 2. The molecule has 0 amide bonds. The summed E-state index contributed by atoms with van der Waals surface area (Å²) in [7, 11) is 1.64. The van der Waals surface area contributed by atoms with Crippen LogP contribution >= 0.6 is 12.4 Å². The Balaban J connectivity index is 0.00000243. The highest BCUT2D eigenvalue weighted by Crippen LogP contribution is 2.24. The van der Waals surface area contributed by atoms with Crippen LogP contribution in [0.3, 0.4) is 0 Å². The largest absolute Gasteiger partial charge is 0.497 e. The third kappa shape index (κ3) is 4.41. The molecule has 7 heteroatoms. The zero-order valence-electron chi connectivity index (χ0n) is 14.2. The van der Waals surface area contributed by atoms with Gasteiger partial charge >= 0.3 is 5.97 Å². The lowest BCUT2D eigenvalue weighted by molar-refractivity contribution is -0.138. The first-order valence-corrected chi connectivity index (χ1v) is 7.84. The summed E-state index contributed by atoms with van der Waals surface area (Å²) in [5.41, 5.74) is 9.29. The summed E-state index contributed by atoms with van der Waals surface area (Å²) in [5, 5.41) is 8.87. The first kappa shape index (κ1) is 19.5. The maximum absolute atomic E-state index is 10.8. The molecule has 1 heterocycles. The molecule has 2 aromatic carbocycles. The average Bonchev–Trinajstić information content (AvgIpc) is 3.12. The van der Waals surface area contributed by atoms with Gasteiger partial charge in [-0.05, 0) is 41.8 Å². The van der Waals surface area contributed by atoms with Gasteiger partial charge < -0.3 is 20.6 Å². The summed E-state index contributed by atoms with van der Waals surface area (Å²) in [6.45, 7) is 0. The van der Waals surface area contributed by atoms with Crippen molar-refractivity contribution in [2.75, 3.05) is 7.11 Å². The van der Waals surface area contributed by atoms with Crippen molar-refractivity contribution in [1.29, 1.82) is 0 Å². The maximum Gasteiger partial charge on any atom is 0.320 e. The summed E-state index contributed by atoms with van der Waals surface area (Å²) < 4.78 is 5.16. The molecule has 136 valence electrons. The van der Waals surface area contributed by atoms with Gasteiger partial charge in [-0.1, -0.05) is 24.3 Å². The smallest absolute Gasteiger partial charge is 0.320 e. The predicted octanol–water partition coefficient (Wildman–Crippen LogP) is 3.13. The lowest BCUT2D eigenvalue weighted by atomic mass is 10.0. The topological polar surface area (TPSA) is 101 Å². The molecule has 0 aliphatic rings. The van der Waals surface area contributed by atoms with E-state index in [1.807, 2.05) is 48.5 Å². The normalized spacial score (nSPS) is 11.5. The van der Waals surface area contributed by atoms with Gasteiger partial charge in [0.2, 0.25) is 0 Å². The van der Waals surface area contributed by atoms with Gasteiger partial charge in [0.15, 0.2) is 0 Å². The minimum atomic E-state index is -1.00. The number of nitrogens with one attached hydrogen (secondary N) is 1. The van der Waals surface area contributed by atoms with Gasteiger partial charge in [-0.15, -0.1) is 12.4 Å². The predicted molar refractivity (Wildman–Crippen MR) is 103 cm³/mol. The number of aliphatic carboxylic acids is 1. The fraction of sp³-hybridized carbons (Fsp3) is 0.158. The van der Waals surface area contributed by atoms with Gasteiger partial charge in [0.1, 0.15) is 17.6 Å². The Labute approximate surface area is 157 Å². The summed E-state index contributed by atoms with van der Waals surface area (Å²) in [6.07, 6.45) is 2.08. The molecule has 3 aromatic rings. The second-order valence-electron chi connectivity index (χ2n) is 5.72. The molecule has 6 nitrogen and oxygen atoms in total. The molecule has 0 bridgehead atoms. The highest BCUT2D eigenvalue weighted by atomic mass is 35.5. The Kier molecular flexibility index (Phi) is 6.38. The SMILES string of the molecule is COc1ccc(-c2cnc(-c3ccc(C[C@H](N)C(=O)O)cc3)[nH]2)cc1.Cl. The molecule has 3 rings (SSSR count). The Morgan fingerprint density at radius 2 is 1.77 bits per heavy atom. The second-order valence-corrected chi connectivity index (χ2v) is 5.72. The number of carbonyl (C=O) groups is 1. The van der Waals surface area contributed by atoms with Gasteiger partial charge in [0.25, 0.3) is 0 Å². The van der Waals surface area contributed by atoms with Crippen molar-refractivity contribution < 1.29 is 14.6 Å². The number of nitrogens with zero attached hydrogens (tertiary/aromatic N) is 1. The summed E-state index contributed by atoms with van der Waals surface area (Å²) in [6, 6.07) is 14.4. The van der Waals surface area contributed by atoms with Crippen molar-refractivity contribution in [1.82, 2.24) is 9.97 Å². The zero-order chi connectivity index (χ0) is 17.8. The van der Waals surface area contributed by atoms with E-state index in [1.165, 1.54) is 0 Å². The number of aromatic amines is 1. The molecule has 0 saturated heterocycles. The number of methoxy groups -OCH3 is 1. The number of benzene rings is 2. The number of carboxylic acids is 1. The minimum Gasteiger partial charge on any atom is -0.497 e. The van der Waals surface area contributed by atoms with Crippen LogP contribution < -0.4 is 10.5 Å². The Morgan fingerprint density at radius 3 is 2.35 bits per heavy atom. The number of halogens is 1. The van der Waals surface area contributed by atoms with E-state index in [1.54, 1.807) is 13.3 Å². The monoisotopic (exact) mass is 373 g/mol. The fourth-order valence-corrected chi connectivity index (χ4v) is 2.53. The van der Waals surface area contributed by atoms with E-state index < -0.39 is 12.0 Å². The Bertz CT molecular complexity index is 860. The third-order valence-electron chi connectivity index (χ3n) is 3.98. The molecule has 1 aromatic heterocycles. The van der Waals surface area contributed by atoms with Gasteiger partial charge in [-0.25, -0.2) is 4.98 Å². The number of rotatable bonds is 6. The molecule has 0 aliphatic heterocycles. The van der Waals surface area contributed by atoms with Gasteiger partial charge in [-0.2, -0.15) is 0 Å². The van der Waals surface area contributed by atoms with E-state index in [0.717, 1.165) is 34.0 Å². The highest BCUT2D eigenvalue weighted by molar-refractivity contribution is 5.85. The number of hydrogen-bond donors (Lipinski definition) is 3. The lowest BCUT2D eigenvalue weighted by Crippen LogP contribution is -2.32. The molecular formula is C19H20ClN3O3. The molecule has 26 heavy (non-hydrogen) atoms. The van der Waals surface area contributed by atoms with Crippen molar-refractivity contribution >= 4 is 18.4 Å². The number of nitrogens with two attached hydrogens (primary N) is 1. The number of carboxylic acid groups (broad SMARTS) is 1. The third-order valence-corrected chi connectivity index (χ3v) is 3.98. The Morgan fingerprint density at radius 1 is 1.15 bits per heavy atom. The summed E-state index contributed by atoms with van der Waals surface area (Å²) in [5.74, 6) is 0.554. The van der Waals surface area contributed by atoms with Crippen molar-refractivity contribution in [2.45, 2.75) is 12.5 Å². The standard InChI is InChI=1S/C19H19N3O3.ClH/c1-25-15-8-6-13(7-9-15)17-11-21-18(22-17)14-4-2-12(3-5-14)10-16(20)19(23)24;/h2-9,11,16H,10,20H2,1H3,(H,21,22)(H,23,24);1H/t16-;/m0./s1. The maximum atomic E-state index is 10.8. The summed E-state index contributed by atoms with van der Waals surface area (Å²) in [4.78, 5) is 18.5.